The van der Waals surface area contributed by atoms with Crippen LogP contribution >= 0.6 is 0 Å². The van der Waals surface area contributed by atoms with Crippen molar-refractivity contribution >= 4 is 18.0 Å². The molecule has 7 nitrogen and oxygen atoms in total. The summed E-state index contributed by atoms with van der Waals surface area (Å²) in [5.41, 5.74) is 0.985. The highest BCUT2D eigenvalue weighted by atomic mass is 16.7. The third kappa shape index (κ3) is 2.98. The van der Waals surface area contributed by atoms with Crippen molar-refractivity contribution in [3.05, 3.63) is 41.2 Å². The van der Waals surface area contributed by atoms with Crippen molar-refractivity contribution in [3.63, 3.8) is 0 Å². The van der Waals surface area contributed by atoms with Crippen LogP contribution in [0, 0.1) is 6.92 Å². The first-order valence-electron chi connectivity index (χ1n) is 6.94. The van der Waals surface area contributed by atoms with Crippen LogP contribution in [0.5, 0.6) is 0 Å². The molecule has 1 fully saturated rings. The van der Waals surface area contributed by atoms with Crippen LogP contribution in [0.3, 0.4) is 0 Å². The molecule has 0 unspecified atom stereocenters. The number of rotatable bonds is 2. The summed E-state index contributed by atoms with van der Waals surface area (Å²) >= 11 is 0. The van der Waals surface area contributed by atoms with Gasteiger partial charge >= 0.3 is 11.9 Å². The lowest BCUT2D eigenvalue weighted by molar-refractivity contribution is -0.222. The first kappa shape index (κ1) is 15.0. The highest BCUT2D eigenvalue weighted by Crippen LogP contribution is 2.28. The number of esters is 2. The number of carbonyl (C=O) groups is 2. The van der Waals surface area contributed by atoms with Crippen molar-refractivity contribution in [2.45, 2.75) is 26.6 Å². The fourth-order valence-corrected chi connectivity index (χ4v) is 2.16. The number of hydrogen-bond donors (Lipinski definition) is 0. The van der Waals surface area contributed by atoms with Gasteiger partial charge in [-0.15, -0.1) is 0 Å². The Bertz CT molecular complexity index is 797. The molecular weight excluding hydrogens is 300 g/mol. The number of aromatic nitrogens is 2. The largest absolute Gasteiger partial charge is 0.419 e. The van der Waals surface area contributed by atoms with Crippen molar-refractivity contribution in [3.8, 4) is 11.5 Å². The van der Waals surface area contributed by atoms with Gasteiger partial charge in [-0.3, -0.25) is 0 Å². The molecule has 1 aliphatic heterocycles. The number of hydrogen-bond acceptors (Lipinski definition) is 7. The van der Waals surface area contributed by atoms with Crippen LogP contribution in [-0.4, -0.2) is 27.9 Å². The molecule has 0 radical (unpaired) electrons. The van der Waals surface area contributed by atoms with Crippen LogP contribution in [-0.2, 0) is 19.1 Å². The zero-order valence-electron chi connectivity index (χ0n) is 12.8. The molecule has 0 bridgehead atoms. The molecule has 1 aliphatic rings. The summed E-state index contributed by atoms with van der Waals surface area (Å²) < 4.78 is 15.3. The maximum absolute atomic E-state index is 12.0. The second kappa shape index (κ2) is 5.35. The Hall–Kier alpha value is -2.96. The van der Waals surface area contributed by atoms with E-state index in [4.69, 9.17) is 14.0 Å². The Morgan fingerprint density at radius 3 is 2.35 bits per heavy atom. The predicted molar refractivity (Wildman–Crippen MR) is 78.7 cm³/mol. The fourth-order valence-electron chi connectivity index (χ4n) is 2.16. The molecule has 3 rings (SSSR count). The van der Waals surface area contributed by atoms with Gasteiger partial charge in [-0.25, -0.2) is 9.59 Å². The van der Waals surface area contributed by atoms with Gasteiger partial charge in [0.15, 0.2) is 5.82 Å². The minimum Gasteiger partial charge on any atom is -0.419 e. The Kier molecular flexibility index (Phi) is 3.48. The molecule has 23 heavy (non-hydrogen) atoms. The SMILES string of the molecule is Cc1noc(-c2ccccc2C=C2C(=O)OC(C)(C)OC2=O)n1. The Morgan fingerprint density at radius 1 is 1.09 bits per heavy atom. The molecule has 1 aromatic heterocycles. The molecule has 0 spiro atoms. The third-order valence-electron chi connectivity index (χ3n) is 3.14. The molecule has 0 saturated carbocycles. The van der Waals surface area contributed by atoms with Gasteiger partial charge < -0.3 is 14.0 Å². The summed E-state index contributed by atoms with van der Waals surface area (Å²) in [6, 6.07) is 7.03. The number of ether oxygens (including phenoxy) is 2. The Labute approximate surface area is 131 Å². The van der Waals surface area contributed by atoms with Gasteiger partial charge in [-0.1, -0.05) is 23.4 Å². The van der Waals surface area contributed by atoms with E-state index in [1.165, 1.54) is 19.9 Å². The third-order valence-corrected chi connectivity index (χ3v) is 3.14. The minimum absolute atomic E-state index is 0.187. The summed E-state index contributed by atoms with van der Waals surface area (Å²) in [6.07, 6.45) is 1.40. The first-order chi connectivity index (χ1) is 10.9. The van der Waals surface area contributed by atoms with Crippen LogP contribution in [0.15, 0.2) is 34.4 Å². The zero-order chi connectivity index (χ0) is 16.6. The fraction of sp³-hybridized carbons (Fsp3) is 0.250. The van der Waals surface area contributed by atoms with Crippen molar-refractivity contribution in [1.82, 2.24) is 10.1 Å². The summed E-state index contributed by atoms with van der Waals surface area (Å²) in [5, 5.41) is 3.74. The lowest BCUT2D eigenvalue weighted by atomic mass is 10.0. The van der Waals surface area contributed by atoms with Gasteiger partial charge in [0.05, 0.1) is 0 Å². The monoisotopic (exact) mass is 314 g/mol. The highest BCUT2D eigenvalue weighted by Gasteiger charge is 2.39. The standard InChI is InChI=1S/C16H14N2O5/c1-9-17-13(23-18-9)11-7-5-4-6-10(11)8-12-14(19)21-16(2,3)22-15(12)20/h4-8H,1-3H3. The maximum atomic E-state index is 12.0. The number of carbonyl (C=O) groups excluding carboxylic acids is 2. The van der Waals surface area contributed by atoms with Crippen LogP contribution in [0.25, 0.3) is 17.5 Å². The van der Waals surface area contributed by atoms with Crippen molar-refractivity contribution in [1.29, 1.82) is 0 Å². The lowest BCUT2D eigenvalue weighted by Gasteiger charge is -2.29. The summed E-state index contributed by atoms with van der Waals surface area (Å²) in [4.78, 5) is 28.2. The van der Waals surface area contributed by atoms with Crippen LogP contribution in [0.4, 0.5) is 0 Å². The minimum atomic E-state index is -1.27. The van der Waals surface area contributed by atoms with Gasteiger partial charge in [0.25, 0.3) is 11.7 Å². The second-order valence-corrected chi connectivity index (χ2v) is 5.47. The number of cyclic esters (lactones) is 2. The van der Waals surface area contributed by atoms with Gasteiger partial charge in [-0.2, -0.15) is 4.98 Å². The summed E-state index contributed by atoms with van der Waals surface area (Å²) in [6.45, 7) is 4.69. The van der Waals surface area contributed by atoms with Gasteiger partial charge in [0.1, 0.15) is 5.57 Å². The van der Waals surface area contributed by atoms with Gasteiger partial charge in [0.2, 0.25) is 0 Å². The van der Waals surface area contributed by atoms with Gasteiger partial charge in [0, 0.05) is 19.4 Å². The predicted octanol–water partition coefficient (Wildman–Crippen LogP) is 2.26. The zero-order valence-corrected chi connectivity index (χ0v) is 12.8. The number of nitrogens with zero attached hydrogens (tertiary/aromatic N) is 2. The van der Waals surface area contributed by atoms with Crippen molar-refractivity contribution in [2.24, 2.45) is 0 Å². The maximum Gasteiger partial charge on any atom is 0.348 e. The Balaban J connectivity index is 2.03. The van der Waals surface area contributed by atoms with E-state index in [1.807, 2.05) is 0 Å². The normalized spacial score (nSPS) is 16.7. The van der Waals surface area contributed by atoms with E-state index in [-0.39, 0.29) is 5.57 Å². The first-order valence-corrected chi connectivity index (χ1v) is 6.94. The second-order valence-electron chi connectivity index (χ2n) is 5.47. The van der Waals surface area contributed by atoms with Gasteiger partial charge in [-0.05, 0) is 24.6 Å². The quantitative estimate of drug-likeness (QED) is 0.477. The summed E-state index contributed by atoms with van der Waals surface area (Å²) in [7, 11) is 0. The molecule has 0 amide bonds. The molecule has 0 atom stereocenters. The molecule has 118 valence electrons. The van der Waals surface area contributed by atoms with E-state index in [0.717, 1.165) is 0 Å². The number of benzene rings is 1. The van der Waals surface area contributed by atoms with E-state index in [2.05, 4.69) is 10.1 Å². The highest BCUT2D eigenvalue weighted by molar-refractivity contribution is 6.19. The molecule has 2 heterocycles. The molecule has 0 aliphatic carbocycles. The molecule has 0 N–H and O–H groups in total. The van der Waals surface area contributed by atoms with Crippen molar-refractivity contribution in [2.75, 3.05) is 0 Å². The molecule has 2 aromatic rings. The molecular formula is C16H14N2O5. The van der Waals surface area contributed by atoms with E-state index < -0.39 is 17.7 Å². The molecule has 1 saturated heterocycles. The van der Waals surface area contributed by atoms with E-state index in [1.54, 1.807) is 31.2 Å². The number of aryl methyl sites for hydroxylation is 1. The van der Waals surface area contributed by atoms with E-state index >= 15 is 0 Å². The summed E-state index contributed by atoms with van der Waals surface area (Å²) in [5.74, 6) is -1.95. The average molecular weight is 314 g/mol. The molecule has 1 aromatic carbocycles. The Morgan fingerprint density at radius 2 is 1.74 bits per heavy atom. The smallest absolute Gasteiger partial charge is 0.348 e. The molecule has 7 heteroatoms. The van der Waals surface area contributed by atoms with Crippen LogP contribution in [0.1, 0.15) is 25.2 Å². The van der Waals surface area contributed by atoms with E-state index in [0.29, 0.717) is 22.8 Å². The van der Waals surface area contributed by atoms with Crippen LogP contribution < -0.4 is 0 Å². The van der Waals surface area contributed by atoms with Crippen molar-refractivity contribution < 1.29 is 23.6 Å². The average Bonchev–Trinajstić information content (AvgIpc) is 2.89. The topological polar surface area (TPSA) is 91.5 Å². The van der Waals surface area contributed by atoms with E-state index in [9.17, 15) is 9.59 Å². The lowest BCUT2D eigenvalue weighted by Crippen LogP contribution is -2.41. The van der Waals surface area contributed by atoms with Crippen LogP contribution in [0.2, 0.25) is 0 Å².